The summed E-state index contributed by atoms with van der Waals surface area (Å²) in [6.07, 6.45) is 5.35. The number of nitrogens with zero attached hydrogens (tertiary/aromatic N) is 2. The van der Waals surface area contributed by atoms with Gasteiger partial charge >= 0.3 is 0 Å². The number of guanidine groups is 1. The van der Waals surface area contributed by atoms with Gasteiger partial charge < -0.3 is 5.73 Å². The third kappa shape index (κ3) is 1.51. The van der Waals surface area contributed by atoms with E-state index in [1.54, 1.807) is 18.0 Å². The molecule has 0 saturated carbocycles. The standard InChI is InChI=1S/C8H10ClN3/c1-6-4-3-5-7(9)12(6)8(10)11-2/h3-5H,1H2,2H3,(H2,10,11). The molecule has 0 atom stereocenters. The molecular formula is C8H10ClN3. The molecule has 1 rings (SSSR count). The molecule has 1 aliphatic rings. The molecule has 0 saturated heterocycles. The summed E-state index contributed by atoms with van der Waals surface area (Å²) in [5.74, 6) is 0.339. The van der Waals surface area contributed by atoms with Crippen molar-refractivity contribution in [2.45, 2.75) is 0 Å². The van der Waals surface area contributed by atoms with Gasteiger partial charge in [0.2, 0.25) is 5.96 Å². The van der Waals surface area contributed by atoms with E-state index < -0.39 is 0 Å². The molecule has 3 nitrogen and oxygen atoms in total. The van der Waals surface area contributed by atoms with E-state index in [0.29, 0.717) is 16.8 Å². The van der Waals surface area contributed by atoms with Gasteiger partial charge in [-0.15, -0.1) is 0 Å². The van der Waals surface area contributed by atoms with Gasteiger partial charge in [-0.1, -0.05) is 24.3 Å². The third-order valence-corrected chi connectivity index (χ3v) is 1.78. The summed E-state index contributed by atoms with van der Waals surface area (Å²) in [5.41, 5.74) is 6.30. The van der Waals surface area contributed by atoms with Crippen LogP contribution in [0.5, 0.6) is 0 Å². The highest BCUT2D eigenvalue weighted by molar-refractivity contribution is 6.30. The van der Waals surface area contributed by atoms with Gasteiger partial charge in [0.25, 0.3) is 0 Å². The Labute approximate surface area is 76.5 Å². The average Bonchev–Trinajstić information content (AvgIpc) is 2.03. The first-order chi connectivity index (χ1) is 5.66. The first-order valence-corrected chi connectivity index (χ1v) is 3.79. The van der Waals surface area contributed by atoms with Crippen molar-refractivity contribution in [1.82, 2.24) is 4.90 Å². The topological polar surface area (TPSA) is 41.6 Å². The normalized spacial score (nSPS) is 18.2. The van der Waals surface area contributed by atoms with Crippen LogP contribution in [0, 0.1) is 0 Å². The third-order valence-electron chi connectivity index (χ3n) is 1.48. The average molecular weight is 184 g/mol. The van der Waals surface area contributed by atoms with Gasteiger partial charge in [0.1, 0.15) is 5.16 Å². The van der Waals surface area contributed by atoms with Crippen molar-refractivity contribution in [1.29, 1.82) is 0 Å². The first-order valence-electron chi connectivity index (χ1n) is 3.42. The zero-order valence-corrected chi connectivity index (χ0v) is 7.54. The number of halogens is 1. The van der Waals surface area contributed by atoms with E-state index in [2.05, 4.69) is 11.6 Å². The minimum Gasteiger partial charge on any atom is -0.369 e. The minimum atomic E-state index is 0.339. The van der Waals surface area contributed by atoms with E-state index in [9.17, 15) is 0 Å². The quantitative estimate of drug-likeness (QED) is 0.351. The van der Waals surface area contributed by atoms with Crippen molar-refractivity contribution < 1.29 is 0 Å². The predicted molar refractivity (Wildman–Crippen MR) is 51.6 cm³/mol. The molecule has 0 radical (unpaired) electrons. The Morgan fingerprint density at radius 1 is 1.75 bits per heavy atom. The second kappa shape index (κ2) is 3.45. The maximum absolute atomic E-state index is 5.87. The molecule has 0 aromatic rings. The van der Waals surface area contributed by atoms with Crippen LogP contribution < -0.4 is 5.73 Å². The Morgan fingerprint density at radius 3 is 2.92 bits per heavy atom. The molecule has 1 aliphatic heterocycles. The van der Waals surface area contributed by atoms with Crippen molar-refractivity contribution in [3.8, 4) is 0 Å². The summed E-state index contributed by atoms with van der Waals surface area (Å²) in [6.45, 7) is 3.77. The van der Waals surface area contributed by atoms with Crippen molar-refractivity contribution in [3.63, 3.8) is 0 Å². The van der Waals surface area contributed by atoms with Crippen LogP contribution in [0.3, 0.4) is 0 Å². The molecule has 1 heterocycles. The fourth-order valence-corrected chi connectivity index (χ4v) is 1.15. The number of hydrogen-bond donors (Lipinski definition) is 1. The smallest absolute Gasteiger partial charge is 0.200 e. The number of aliphatic imine (C=N–C) groups is 1. The predicted octanol–water partition coefficient (Wildman–Crippen LogP) is 1.40. The maximum atomic E-state index is 5.87. The largest absolute Gasteiger partial charge is 0.369 e. The number of hydrogen-bond acceptors (Lipinski definition) is 1. The molecule has 12 heavy (non-hydrogen) atoms. The summed E-state index contributed by atoms with van der Waals surface area (Å²) >= 11 is 5.87. The molecule has 64 valence electrons. The van der Waals surface area contributed by atoms with Crippen molar-refractivity contribution in [3.05, 3.63) is 35.7 Å². The molecule has 0 amide bonds. The highest BCUT2D eigenvalue weighted by Crippen LogP contribution is 2.20. The monoisotopic (exact) mass is 183 g/mol. The van der Waals surface area contributed by atoms with Crippen LogP contribution >= 0.6 is 11.6 Å². The Morgan fingerprint density at radius 2 is 2.42 bits per heavy atom. The molecule has 0 fully saturated rings. The summed E-state index contributed by atoms with van der Waals surface area (Å²) in [5, 5.41) is 0.505. The van der Waals surface area contributed by atoms with Crippen LogP contribution in [0.2, 0.25) is 0 Å². The second-order valence-corrected chi connectivity index (χ2v) is 2.64. The van der Waals surface area contributed by atoms with Crippen LogP contribution in [-0.4, -0.2) is 17.9 Å². The molecular weight excluding hydrogens is 174 g/mol. The van der Waals surface area contributed by atoms with Crippen LogP contribution in [0.1, 0.15) is 0 Å². The highest BCUT2D eigenvalue weighted by Gasteiger charge is 2.14. The Hall–Kier alpha value is -1.22. The van der Waals surface area contributed by atoms with Crippen LogP contribution in [0.25, 0.3) is 0 Å². The van der Waals surface area contributed by atoms with E-state index in [-0.39, 0.29) is 0 Å². The molecule has 0 aliphatic carbocycles. The van der Waals surface area contributed by atoms with E-state index in [4.69, 9.17) is 17.3 Å². The number of nitrogens with two attached hydrogens (primary N) is 1. The lowest BCUT2D eigenvalue weighted by atomic mass is 10.3. The molecule has 0 bridgehead atoms. The van der Waals surface area contributed by atoms with Crippen molar-refractivity contribution >= 4 is 17.6 Å². The summed E-state index contributed by atoms with van der Waals surface area (Å²) in [6, 6.07) is 0. The minimum absolute atomic E-state index is 0.339. The van der Waals surface area contributed by atoms with E-state index in [1.807, 2.05) is 12.2 Å². The van der Waals surface area contributed by atoms with Gasteiger partial charge in [-0.3, -0.25) is 9.89 Å². The van der Waals surface area contributed by atoms with E-state index in [0.717, 1.165) is 0 Å². The molecule has 2 N–H and O–H groups in total. The summed E-state index contributed by atoms with van der Waals surface area (Å²) in [4.78, 5) is 5.38. The van der Waals surface area contributed by atoms with Crippen LogP contribution in [0.4, 0.5) is 0 Å². The summed E-state index contributed by atoms with van der Waals surface area (Å²) in [7, 11) is 1.60. The molecule has 0 unspecified atom stereocenters. The van der Waals surface area contributed by atoms with Gasteiger partial charge in [0.15, 0.2) is 0 Å². The molecule has 4 heteroatoms. The van der Waals surface area contributed by atoms with E-state index >= 15 is 0 Å². The van der Waals surface area contributed by atoms with Gasteiger partial charge in [-0.05, 0) is 12.2 Å². The Kier molecular flexibility index (Phi) is 2.55. The molecule has 0 aromatic carbocycles. The number of rotatable bonds is 0. The molecule has 0 aromatic heterocycles. The van der Waals surface area contributed by atoms with Crippen molar-refractivity contribution in [2.75, 3.05) is 7.05 Å². The van der Waals surface area contributed by atoms with Gasteiger partial charge in [-0.2, -0.15) is 0 Å². The zero-order valence-electron chi connectivity index (χ0n) is 6.79. The van der Waals surface area contributed by atoms with Crippen LogP contribution in [0.15, 0.2) is 40.7 Å². The Bertz CT molecular complexity index is 287. The van der Waals surface area contributed by atoms with Gasteiger partial charge in [-0.25, -0.2) is 0 Å². The fraction of sp³-hybridized carbons (Fsp3) is 0.125. The maximum Gasteiger partial charge on any atom is 0.200 e. The lowest BCUT2D eigenvalue weighted by molar-refractivity contribution is 0.679. The van der Waals surface area contributed by atoms with E-state index in [1.165, 1.54) is 0 Å². The summed E-state index contributed by atoms with van der Waals surface area (Å²) < 4.78 is 0. The SMILES string of the molecule is C=C1C=CC=C(Cl)N1C(N)=NC. The lowest BCUT2D eigenvalue weighted by Crippen LogP contribution is -2.34. The highest BCUT2D eigenvalue weighted by atomic mass is 35.5. The van der Waals surface area contributed by atoms with Gasteiger partial charge in [0.05, 0.1) is 0 Å². The molecule has 0 spiro atoms. The zero-order chi connectivity index (χ0) is 9.14. The van der Waals surface area contributed by atoms with Crippen molar-refractivity contribution in [2.24, 2.45) is 10.7 Å². The lowest BCUT2D eigenvalue weighted by Gasteiger charge is -2.24. The Balaban J connectivity index is 2.97. The number of allylic oxidation sites excluding steroid dienone is 3. The first kappa shape index (κ1) is 8.87. The van der Waals surface area contributed by atoms with Gasteiger partial charge in [0, 0.05) is 12.7 Å². The van der Waals surface area contributed by atoms with Crippen LogP contribution in [-0.2, 0) is 0 Å². The second-order valence-electron chi connectivity index (χ2n) is 2.26. The fourth-order valence-electron chi connectivity index (χ4n) is 0.881.